The van der Waals surface area contributed by atoms with E-state index in [1.54, 1.807) is 20.8 Å². The average Bonchev–Trinajstić information content (AvgIpc) is 2.06. The van der Waals surface area contributed by atoms with Crippen LogP contribution in [-0.4, -0.2) is 25.2 Å². The molecular weight excluding hydrogens is 212 g/mol. The number of nitrogens with one attached hydrogen (secondary N) is 1. The highest BCUT2D eigenvalue weighted by atomic mass is 32.2. The summed E-state index contributed by atoms with van der Waals surface area (Å²) in [6.07, 6.45) is 3.94. The normalized spacial score (nSPS) is 29.1. The molecule has 3 N–H and O–H groups in total. The summed E-state index contributed by atoms with van der Waals surface area (Å²) < 4.78 is 25.8. The Kier molecular flexibility index (Phi) is 3.79. The maximum Gasteiger partial charge on any atom is 0.216 e. The molecule has 4 nitrogen and oxygen atoms in total. The van der Waals surface area contributed by atoms with E-state index < -0.39 is 14.8 Å². The Morgan fingerprint density at radius 1 is 1.20 bits per heavy atom. The number of nitrogens with two attached hydrogens (primary N) is 1. The van der Waals surface area contributed by atoms with E-state index in [4.69, 9.17) is 5.73 Å². The molecule has 0 heterocycles. The van der Waals surface area contributed by atoms with E-state index in [9.17, 15) is 8.42 Å². The fourth-order valence-corrected chi connectivity index (χ4v) is 2.73. The predicted molar refractivity (Wildman–Crippen MR) is 62.0 cm³/mol. The molecule has 1 fully saturated rings. The lowest BCUT2D eigenvalue weighted by Crippen LogP contribution is -2.53. The van der Waals surface area contributed by atoms with Crippen molar-refractivity contribution in [2.75, 3.05) is 0 Å². The Labute approximate surface area is 92.7 Å². The molecule has 1 rings (SSSR count). The van der Waals surface area contributed by atoms with Gasteiger partial charge < -0.3 is 5.73 Å². The van der Waals surface area contributed by atoms with Crippen molar-refractivity contribution in [1.82, 2.24) is 4.72 Å². The van der Waals surface area contributed by atoms with Crippen LogP contribution in [0.1, 0.15) is 46.5 Å². The summed E-state index contributed by atoms with van der Waals surface area (Å²) in [6.45, 7) is 5.09. The van der Waals surface area contributed by atoms with Gasteiger partial charge in [0, 0.05) is 12.1 Å². The van der Waals surface area contributed by atoms with Gasteiger partial charge in [-0.05, 0) is 33.6 Å². The summed E-state index contributed by atoms with van der Waals surface area (Å²) in [6, 6.07) is -0.112. The van der Waals surface area contributed by atoms with E-state index in [1.807, 2.05) is 0 Å². The molecule has 0 amide bonds. The van der Waals surface area contributed by atoms with Crippen LogP contribution in [0, 0.1) is 0 Å². The molecule has 0 aromatic rings. The molecule has 2 unspecified atom stereocenters. The van der Waals surface area contributed by atoms with Gasteiger partial charge in [-0.1, -0.05) is 12.8 Å². The third kappa shape index (κ3) is 3.16. The summed E-state index contributed by atoms with van der Waals surface area (Å²) in [5.41, 5.74) is 5.90. The Bertz CT molecular complexity index is 306. The van der Waals surface area contributed by atoms with E-state index in [1.165, 1.54) is 0 Å². The zero-order chi connectivity index (χ0) is 11.7. The summed E-state index contributed by atoms with van der Waals surface area (Å²) in [5, 5.41) is 0. The predicted octanol–water partition coefficient (Wildman–Crippen LogP) is 0.974. The first-order valence-corrected chi connectivity index (χ1v) is 7.00. The number of hydrogen-bond acceptors (Lipinski definition) is 3. The first-order chi connectivity index (χ1) is 6.74. The van der Waals surface area contributed by atoms with Gasteiger partial charge in [0.1, 0.15) is 0 Å². The van der Waals surface area contributed by atoms with E-state index in [-0.39, 0.29) is 12.1 Å². The summed E-state index contributed by atoms with van der Waals surface area (Å²) in [7, 11) is -3.26. The van der Waals surface area contributed by atoms with E-state index in [0.717, 1.165) is 25.7 Å². The lowest BCUT2D eigenvalue weighted by Gasteiger charge is -2.31. The molecule has 0 spiro atoms. The van der Waals surface area contributed by atoms with Gasteiger partial charge in [-0.3, -0.25) is 0 Å². The van der Waals surface area contributed by atoms with Crippen LogP contribution in [0.3, 0.4) is 0 Å². The van der Waals surface area contributed by atoms with Crippen molar-refractivity contribution in [1.29, 1.82) is 0 Å². The van der Waals surface area contributed by atoms with Crippen LogP contribution >= 0.6 is 0 Å². The molecule has 0 aromatic heterocycles. The molecule has 1 aliphatic rings. The van der Waals surface area contributed by atoms with Crippen LogP contribution in [-0.2, 0) is 10.0 Å². The van der Waals surface area contributed by atoms with Crippen LogP contribution in [0.4, 0.5) is 0 Å². The molecule has 0 bridgehead atoms. The minimum Gasteiger partial charge on any atom is -0.326 e. The molecule has 2 atom stereocenters. The lowest BCUT2D eigenvalue weighted by atomic mass is 9.92. The highest BCUT2D eigenvalue weighted by Gasteiger charge is 2.33. The van der Waals surface area contributed by atoms with Crippen molar-refractivity contribution >= 4 is 10.0 Å². The minimum absolute atomic E-state index is 0.0316. The van der Waals surface area contributed by atoms with Crippen LogP contribution < -0.4 is 10.5 Å². The monoisotopic (exact) mass is 234 g/mol. The van der Waals surface area contributed by atoms with Crippen molar-refractivity contribution in [3.05, 3.63) is 0 Å². The second kappa shape index (κ2) is 4.39. The van der Waals surface area contributed by atoms with Gasteiger partial charge in [-0.2, -0.15) is 0 Å². The second-order valence-corrected chi connectivity index (χ2v) is 7.76. The van der Waals surface area contributed by atoms with Gasteiger partial charge in [0.15, 0.2) is 0 Å². The van der Waals surface area contributed by atoms with Crippen LogP contribution in [0.5, 0.6) is 0 Å². The molecule has 0 aromatic carbocycles. The van der Waals surface area contributed by atoms with Crippen LogP contribution in [0.15, 0.2) is 0 Å². The zero-order valence-electron chi connectivity index (χ0n) is 9.79. The Morgan fingerprint density at radius 3 is 2.20 bits per heavy atom. The highest BCUT2D eigenvalue weighted by molar-refractivity contribution is 7.90. The number of sulfonamides is 1. The molecular formula is C10H22N2O2S. The fraction of sp³-hybridized carbons (Fsp3) is 1.00. The fourth-order valence-electron chi connectivity index (χ4n) is 1.68. The van der Waals surface area contributed by atoms with Crippen molar-refractivity contribution in [3.8, 4) is 0 Å². The smallest absolute Gasteiger partial charge is 0.216 e. The van der Waals surface area contributed by atoms with Crippen LogP contribution in [0.25, 0.3) is 0 Å². The van der Waals surface area contributed by atoms with E-state index in [0.29, 0.717) is 0 Å². The molecule has 5 heteroatoms. The van der Waals surface area contributed by atoms with Crippen molar-refractivity contribution < 1.29 is 8.42 Å². The SMILES string of the molecule is CC(C)(C)S(=O)(=O)NC1CCCCC1N. The summed E-state index contributed by atoms with van der Waals surface area (Å²) in [5.74, 6) is 0. The van der Waals surface area contributed by atoms with E-state index in [2.05, 4.69) is 4.72 Å². The van der Waals surface area contributed by atoms with Crippen molar-refractivity contribution in [3.63, 3.8) is 0 Å². The second-order valence-electron chi connectivity index (χ2n) is 5.29. The van der Waals surface area contributed by atoms with Crippen LogP contribution in [0.2, 0.25) is 0 Å². The first-order valence-electron chi connectivity index (χ1n) is 5.51. The first kappa shape index (κ1) is 12.9. The van der Waals surface area contributed by atoms with Gasteiger partial charge >= 0.3 is 0 Å². The lowest BCUT2D eigenvalue weighted by molar-refractivity contribution is 0.358. The van der Waals surface area contributed by atoms with Gasteiger partial charge in [-0.15, -0.1) is 0 Å². The standard InChI is InChI=1S/C10H22N2O2S/c1-10(2,3)15(13,14)12-9-7-5-4-6-8(9)11/h8-9,12H,4-7,11H2,1-3H3. The summed E-state index contributed by atoms with van der Waals surface area (Å²) in [4.78, 5) is 0. The third-order valence-corrected chi connectivity index (χ3v) is 5.16. The number of rotatable bonds is 2. The maximum absolute atomic E-state index is 11.9. The molecule has 0 saturated heterocycles. The van der Waals surface area contributed by atoms with Crippen molar-refractivity contribution in [2.24, 2.45) is 5.73 Å². The van der Waals surface area contributed by atoms with Crippen molar-refractivity contribution in [2.45, 2.75) is 63.3 Å². The molecule has 15 heavy (non-hydrogen) atoms. The minimum atomic E-state index is -3.26. The zero-order valence-corrected chi connectivity index (χ0v) is 10.6. The quantitative estimate of drug-likeness (QED) is 0.748. The third-order valence-electron chi connectivity index (χ3n) is 2.93. The van der Waals surface area contributed by atoms with Gasteiger partial charge in [0.2, 0.25) is 10.0 Å². The highest BCUT2D eigenvalue weighted by Crippen LogP contribution is 2.20. The Balaban J connectivity index is 2.69. The summed E-state index contributed by atoms with van der Waals surface area (Å²) >= 11 is 0. The van der Waals surface area contributed by atoms with E-state index >= 15 is 0 Å². The average molecular weight is 234 g/mol. The Hall–Kier alpha value is -0.130. The molecule has 1 saturated carbocycles. The number of hydrogen-bond donors (Lipinski definition) is 2. The molecule has 0 aliphatic heterocycles. The maximum atomic E-state index is 11.9. The Morgan fingerprint density at radius 2 is 1.73 bits per heavy atom. The van der Waals surface area contributed by atoms with Gasteiger partial charge in [0.25, 0.3) is 0 Å². The van der Waals surface area contributed by atoms with Gasteiger partial charge in [-0.25, -0.2) is 13.1 Å². The molecule has 1 aliphatic carbocycles. The van der Waals surface area contributed by atoms with Gasteiger partial charge in [0.05, 0.1) is 4.75 Å². The molecule has 90 valence electrons. The molecule has 0 radical (unpaired) electrons. The topological polar surface area (TPSA) is 72.2 Å². The largest absolute Gasteiger partial charge is 0.326 e.